The van der Waals surface area contributed by atoms with Gasteiger partial charge in [0.15, 0.2) is 0 Å². The SMILES string of the molecule is CCC[C@H]1CC[C@H](C2CCC(c3c(F)cccc3F)CC2)CC1. The zero-order valence-corrected chi connectivity index (χ0v) is 14.4. The van der Waals surface area contributed by atoms with E-state index in [2.05, 4.69) is 6.92 Å². The summed E-state index contributed by atoms with van der Waals surface area (Å²) < 4.78 is 27.9. The van der Waals surface area contributed by atoms with Crippen molar-refractivity contribution >= 4 is 0 Å². The molecule has 1 aromatic carbocycles. The molecule has 2 fully saturated rings. The van der Waals surface area contributed by atoms with Crippen molar-refractivity contribution in [1.29, 1.82) is 0 Å². The Morgan fingerprint density at radius 1 is 0.826 bits per heavy atom. The molecule has 128 valence electrons. The molecule has 1 aromatic rings. The molecule has 0 bridgehead atoms. The third kappa shape index (κ3) is 3.95. The summed E-state index contributed by atoms with van der Waals surface area (Å²) in [7, 11) is 0. The van der Waals surface area contributed by atoms with Crippen molar-refractivity contribution in [2.45, 2.75) is 77.0 Å². The van der Waals surface area contributed by atoms with Crippen LogP contribution >= 0.6 is 0 Å². The Hall–Kier alpha value is -0.920. The molecule has 0 amide bonds. The lowest BCUT2D eigenvalue weighted by Crippen LogP contribution is -2.25. The molecule has 0 N–H and O–H groups in total. The molecule has 0 heterocycles. The van der Waals surface area contributed by atoms with Gasteiger partial charge in [-0.05, 0) is 74.3 Å². The van der Waals surface area contributed by atoms with Gasteiger partial charge in [0.05, 0.1) is 0 Å². The van der Waals surface area contributed by atoms with Gasteiger partial charge in [0.2, 0.25) is 0 Å². The van der Waals surface area contributed by atoms with Crippen molar-refractivity contribution in [3.05, 3.63) is 35.4 Å². The Bertz CT molecular complexity index is 474. The average Bonchev–Trinajstić information content (AvgIpc) is 2.56. The molecule has 0 aliphatic heterocycles. The fraction of sp³-hybridized carbons (Fsp3) is 0.714. The van der Waals surface area contributed by atoms with Crippen LogP contribution in [0.1, 0.15) is 82.6 Å². The highest BCUT2D eigenvalue weighted by Crippen LogP contribution is 2.45. The smallest absolute Gasteiger partial charge is 0.129 e. The van der Waals surface area contributed by atoms with Crippen LogP contribution in [0.5, 0.6) is 0 Å². The summed E-state index contributed by atoms with van der Waals surface area (Å²) >= 11 is 0. The van der Waals surface area contributed by atoms with E-state index in [0.717, 1.165) is 43.4 Å². The van der Waals surface area contributed by atoms with Crippen molar-refractivity contribution in [3.63, 3.8) is 0 Å². The Morgan fingerprint density at radius 2 is 1.35 bits per heavy atom. The van der Waals surface area contributed by atoms with Crippen molar-refractivity contribution in [1.82, 2.24) is 0 Å². The van der Waals surface area contributed by atoms with Gasteiger partial charge >= 0.3 is 0 Å². The number of benzene rings is 1. The van der Waals surface area contributed by atoms with Crippen molar-refractivity contribution < 1.29 is 8.78 Å². The molecule has 0 radical (unpaired) electrons. The highest BCUT2D eigenvalue weighted by molar-refractivity contribution is 5.24. The van der Waals surface area contributed by atoms with E-state index in [4.69, 9.17) is 0 Å². The first-order valence-corrected chi connectivity index (χ1v) is 9.63. The molecule has 0 spiro atoms. The maximum absolute atomic E-state index is 14.0. The lowest BCUT2D eigenvalue weighted by atomic mass is 9.68. The van der Waals surface area contributed by atoms with Crippen LogP contribution in [-0.4, -0.2) is 0 Å². The summed E-state index contributed by atoms with van der Waals surface area (Å²) in [4.78, 5) is 0. The fourth-order valence-corrected chi connectivity index (χ4v) is 5.14. The molecule has 0 nitrogen and oxygen atoms in total. The van der Waals surface area contributed by atoms with Gasteiger partial charge in [0.25, 0.3) is 0 Å². The Kier molecular flexibility index (Phi) is 5.71. The maximum Gasteiger partial charge on any atom is 0.129 e. The summed E-state index contributed by atoms with van der Waals surface area (Å²) in [6, 6.07) is 4.27. The van der Waals surface area contributed by atoms with Gasteiger partial charge in [0.1, 0.15) is 11.6 Å². The van der Waals surface area contributed by atoms with Crippen LogP contribution in [0, 0.1) is 29.4 Å². The van der Waals surface area contributed by atoms with Crippen molar-refractivity contribution in [3.8, 4) is 0 Å². The highest BCUT2D eigenvalue weighted by Gasteiger charge is 2.32. The van der Waals surface area contributed by atoms with E-state index in [1.807, 2.05) is 0 Å². The maximum atomic E-state index is 14.0. The van der Waals surface area contributed by atoms with Crippen LogP contribution in [-0.2, 0) is 0 Å². The molecular formula is C21H30F2. The zero-order valence-electron chi connectivity index (χ0n) is 14.4. The van der Waals surface area contributed by atoms with Gasteiger partial charge < -0.3 is 0 Å². The second kappa shape index (κ2) is 7.77. The second-order valence-electron chi connectivity index (χ2n) is 7.82. The molecule has 2 saturated carbocycles. The summed E-state index contributed by atoms with van der Waals surface area (Å²) in [5, 5.41) is 0. The standard InChI is InChI=1S/C21H30F2/c1-2-4-15-7-9-16(10-8-15)17-11-13-18(14-12-17)21-19(22)5-3-6-20(21)23/h3,5-6,15-18H,2,4,7-14H2,1H3/t15-,16-,17?,18?. The Labute approximate surface area is 139 Å². The van der Waals surface area contributed by atoms with E-state index in [-0.39, 0.29) is 17.6 Å². The highest BCUT2D eigenvalue weighted by atomic mass is 19.1. The minimum absolute atomic E-state index is 0.0869. The van der Waals surface area contributed by atoms with E-state index in [1.165, 1.54) is 56.7 Å². The van der Waals surface area contributed by atoms with Crippen molar-refractivity contribution in [2.24, 2.45) is 17.8 Å². The van der Waals surface area contributed by atoms with Gasteiger partial charge in [-0.1, -0.05) is 38.7 Å². The van der Waals surface area contributed by atoms with Gasteiger partial charge in [0, 0.05) is 5.56 Å². The number of hydrogen-bond acceptors (Lipinski definition) is 0. The number of rotatable bonds is 4. The Morgan fingerprint density at radius 3 is 1.87 bits per heavy atom. The molecular weight excluding hydrogens is 290 g/mol. The van der Waals surface area contributed by atoms with Crippen molar-refractivity contribution in [2.75, 3.05) is 0 Å². The van der Waals surface area contributed by atoms with Gasteiger partial charge in [-0.3, -0.25) is 0 Å². The molecule has 2 heteroatoms. The number of halogens is 2. The second-order valence-corrected chi connectivity index (χ2v) is 7.82. The van der Waals surface area contributed by atoms with Gasteiger partial charge in [-0.25, -0.2) is 8.78 Å². The van der Waals surface area contributed by atoms with E-state index in [9.17, 15) is 8.78 Å². The minimum Gasteiger partial charge on any atom is -0.207 e. The minimum atomic E-state index is -0.353. The third-order valence-electron chi connectivity index (χ3n) is 6.43. The van der Waals surface area contributed by atoms with E-state index >= 15 is 0 Å². The third-order valence-corrected chi connectivity index (χ3v) is 6.43. The van der Waals surface area contributed by atoms with Crippen LogP contribution in [0.4, 0.5) is 8.78 Å². The van der Waals surface area contributed by atoms with Crippen LogP contribution < -0.4 is 0 Å². The van der Waals surface area contributed by atoms with Gasteiger partial charge in [-0.15, -0.1) is 0 Å². The topological polar surface area (TPSA) is 0 Å². The lowest BCUT2D eigenvalue weighted by Gasteiger charge is -2.38. The molecule has 0 unspecified atom stereocenters. The molecule has 2 aliphatic rings. The number of hydrogen-bond donors (Lipinski definition) is 0. The summed E-state index contributed by atoms with van der Waals surface area (Å²) in [6.45, 7) is 2.29. The first-order chi connectivity index (χ1) is 11.2. The molecule has 0 saturated heterocycles. The molecule has 3 rings (SSSR count). The fourth-order valence-electron chi connectivity index (χ4n) is 5.14. The van der Waals surface area contributed by atoms with E-state index < -0.39 is 0 Å². The molecule has 23 heavy (non-hydrogen) atoms. The van der Waals surface area contributed by atoms with Crippen LogP contribution in [0.25, 0.3) is 0 Å². The first kappa shape index (κ1) is 16.9. The molecule has 2 aliphatic carbocycles. The monoisotopic (exact) mass is 320 g/mol. The van der Waals surface area contributed by atoms with Crippen LogP contribution in [0.2, 0.25) is 0 Å². The first-order valence-electron chi connectivity index (χ1n) is 9.63. The average molecular weight is 320 g/mol. The van der Waals surface area contributed by atoms with Crippen LogP contribution in [0.3, 0.4) is 0 Å². The van der Waals surface area contributed by atoms with Crippen LogP contribution in [0.15, 0.2) is 18.2 Å². The van der Waals surface area contributed by atoms with E-state index in [0.29, 0.717) is 5.56 Å². The predicted molar refractivity (Wildman–Crippen MR) is 91.4 cm³/mol. The summed E-state index contributed by atoms with van der Waals surface area (Å²) in [5.41, 5.74) is 0.345. The lowest BCUT2D eigenvalue weighted by molar-refractivity contribution is 0.155. The summed E-state index contributed by atoms with van der Waals surface area (Å²) in [6.07, 6.45) is 12.5. The quantitative estimate of drug-likeness (QED) is 0.569. The predicted octanol–water partition coefficient (Wildman–Crippen LogP) is 6.85. The molecule has 0 aromatic heterocycles. The normalized spacial score (nSPS) is 32.0. The summed E-state index contributed by atoms with van der Waals surface area (Å²) in [5.74, 6) is 2.00. The largest absolute Gasteiger partial charge is 0.207 e. The Balaban J connectivity index is 1.53. The van der Waals surface area contributed by atoms with E-state index in [1.54, 1.807) is 0 Å². The molecule has 0 atom stereocenters. The zero-order chi connectivity index (χ0) is 16.2. The van der Waals surface area contributed by atoms with Gasteiger partial charge in [-0.2, -0.15) is 0 Å².